The summed E-state index contributed by atoms with van der Waals surface area (Å²) in [6.45, 7) is 0. The molecule has 6 nitrogen and oxygen atoms in total. The molecule has 2 saturated carbocycles. The number of amides is 2. The van der Waals surface area contributed by atoms with E-state index in [0.717, 1.165) is 43.4 Å². The van der Waals surface area contributed by atoms with Crippen LogP contribution in [-0.4, -0.2) is 27.8 Å². The Morgan fingerprint density at radius 3 is 2.39 bits per heavy atom. The molecule has 168 valence electrons. The summed E-state index contributed by atoms with van der Waals surface area (Å²) in [4.78, 5) is 35.9. The minimum Gasteiger partial charge on any atom is -0.365 e. The van der Waals surface area contributed by atoms with E-state index in [-0.39, 0.29) is 11.8 Å². The lowest BCUT2D eigenvalue weighted by Crippen LogP contribution is -2.34. The zero-order valence-electron chi connectivity index (χ0n) is 18.6. The van der Waals surface area contributed by atoms with Gasteiger partial charge in [0.15, 0.2) is 0 Å². The normalized spacial score (nSPS) is 15.3. The zero-order valence-corrected chi connectivity index (χ0v) is 18.6. The Kier molecular flexibility index (Phi) is 5.90. The van der Waals surface area contributed by atoms with Crippen molar-refractivity contribution in [1.29, 1.82) is 0 Å². The Bertz CT molecular complexity index is 1170. The van der Waals surface area contributed by atoms with Crippen LogP contribution in [0.4, 0.5) is 5.69 Å². The molecule has 2 fully saturated rings. The summed E-state index contributed by atoms with van der Waals surface area (Å²) in [6, 6.07) is 18.6. The number of aromatic nitrogens is 2. The quantitative estimate of drug-likeness (QED) is 0.547. The van der Waals surface area contributed by atoms with Crippen molar-refractivity contribution in [1.82, 2.24) is 9.97 Å². The number of hydrogen-bond acceptors (Lipinski definition) is 4. The van der Waals surface area contributed by atoms with Gasteiger partial charge in [0.05, 0.1) is 11.3 Å². The largest absolute Gasteiger partial charge is 0.365 e. The molecule has 0 saturated heterocycles. The first-order valence-electron chi connectivity index (χ1n) is 11.7. The van der Waals surface area contributed by atoms with Gasteiger partial charge >= 0.3 is 0 Å². The molecule has 2 amide bonds. The molecule has 0 aliphatic heterocycles. The third kappa shape index (κ3) is 5.11. The molecule has 1 aromatic heterocycles. The Balaban J connectivity index is 1.36. The molecule has 2 N–H and O–H groups in total. The molecule has 5 rings (SSSR count). The Morgan fingerprint density at radius 2 is 1.70 bits per heavy atom. The fraction of sp³-hybridized carbons (Fsp3) is 0.333. The predicted octanol–water partition coefficient (Wildman–Crippen LogP) is 3.86. The molecule has 2 aliphatic rings. The molecule has 0 radical (unpaired) electrons. The highest BCUT2D eigenvalue weighted by atomic mass is 16.2. The van der Waals surface area contributed by atoms with Crippen LogP contribution in [0.3, 0.4) is 0 Å². The molecule has 1 heterocycles. The van der Waals surface area contributed by atoms with E-state index >= 15 is 0 Å². The second-order valence-electron chi connectivity index (χ2n) is 9.06. The van der Waals surface area contributed by atoms with Crippen LogP contribution in [0.1, 0.15) is 58.7 Å². The molecule has 6 heteroatoms. The maximum Gasteiger partial charge on any atom is 0.252 e. The zero-order chi connectivity index (χ0) is 22.8. The van der Waals surface area contributed by atoms with Crippen molar-refractivity contribution in [2.24, 2.45) is 11.7 Å². The molecular formula is C27H28N4O2. The second kappa shape index (κ2) is 9.14. The Labute approximate surface area is 193 Å². The molecule has 0 bridgehead atoms. The number of rotatable bonds is 9. The summed E-state index contributed by atoms with van der Waals surface area (Å²) >= 11 is 0. The van der Waals surface area contributed by atoms with Crippen LogP contribution in [0.15, 0.2) is 60.8 Å². The van der Waals surface area contributed by atoms with Gasteiger partial charge in [-0.3, -0.25) is 9.59 Å². The molecule has 0 spiro atoms. The van der Waals surface area contributed by atoms with Gasteiger partial charge in [0.1, 0.15) is 5.82 Å². The van der Waals surface area contributed by atoms with E-state index in [1.54, 1.807) is 6.20 Å². The van der Waals surface area contributed by atoms with Crippen molar-refractivity contribution in [3.05, 3.63) is 89.0 Å². The first-order chi connectivity index (χ1) is 16.1. The number of benzene rings is 2. The molecule has 3 aromatic rings. The Hall–Kier alpha value is -3.54. The summed E-state index contributed by atoms with van der Waals surface area (Å²) < 4.78 is 0. The van der Waals surface area contributed by atoms with Crippen molar-refractivity contribution in [2.75, 3.05) is 4.90 Å². The minimum atomic E-state index is -0.509. The summed E-state index contributed by atoms with van der Waals surface area (Å²) in [6.07, 6.45) is 7.62. The predicted molar refractivity (Wildman–Crippen MR) is 127 cm³/mol. The van der Waals surface area contributed by atoms with Crippen LogP contribution < -0.4 is 10.6 Å². The SMILES string of the molecule is NC(=O)c1cnc(Cc2cccc(N(C(=O)C3CC3)C3CC3)c2)nc1CCc1ccccc1. The summed E-state index contributed by atoms with van der Waals surface area (Å²) in [5.41, 5.74) is 9.81. The number of nitrogens with two attached hydrogens (primary N) is 1. The van der Waals surface area contributed by atoms with Gasteiger partial charge in [-0.2, -0.15) is 0 Å². The van der Waals surface area contributed by atoms with Gasteiger partial charge in [-0.05, 0) is 61.8 Å². The lowest BCUT2D eigenvalue weighted by molar-refractivity contribution is -0.119. The number of primary amides is 1. The summed E-state index contributed by atoms with van der Waals surface area (Å²) in [5, 5.41) is 0. The van der Waals surface area contributed by atoms with Crippen molar-refractivity contribution >= 4 is 17.5 Å². The van der Waals surface area contributed by atoms with Crippen LogP contribution in [0.2, 0.25) is 0 Å². The van der Waals surface area contributed by atoms with Crippen LogP contribution in [0, 0.1) is 5.92 Å². The summed E-state index contributed by atoms with van der Waals surface area (Å²) in [7, 11) is 0. The van der Waals surface area contributed by atoms with Gasteiger partial charge < -0.3 is 10.6 Å². The van der Waals surface area contributed by atoms with E-state index < -0.39 is 5.91 Å². The smallest absolute Gasteiger partial charge is 0.252 e. The number of carbonyl (C=O) groups is 2. The second-order valence-corrected chi connectivity index (χ2v) is 9.06. The number of aryl methyl sites for hydroxylation is 2. The standard InChI is InChI=1S/C27H28N4O2/c28-26(32)23-17-29-25(30-24(23)14-9-18-5-2-1-3-6-18)16-19-7-4-8-22(15-19)31(21-12-13-21)27(33)20-10-11-20/h1-8,15,17,20-21H,9-14,16H2,(H2,28,32). The van der Waals surface area contributed by atoms with E-state index in [0.29, 0.717) is 36.0 Å². The van der Waals surface area contributed by atoms with Crippen LogP contribution in [0.25, 0.3) is 0 Å². The van der Waals surface area contributed by atoms with E-state index in [9.17, 15) is 9.59 Å². The van der Waals surface area contributed by atoms with E-state index in [1.165, 1.54) is 5.56 Å². The third-order valence-corrected chi connectivity index (χ3v) is 6.30. The van der Waals surface area contributed by atoms with Crippen molar-refractivity contribution in [3.8, 4) is 0 Å². The van der Waals surface area contributed by atoms with Gasteiger partial charge in [0.25, 0.3) is 5.91 Å². The van der Waals surface area contributed by atoms with Gasteiger partial charge in [-0.25, -0.2) is 9.97 Å². The van der Waals surface area contributed by atoms with Crippen LogP contribution in [-0.2, 0) is 24.1 Å². The van der Waals surface area contributed by atoms with Crippen molar-refractivity contribution in [2.45, 2.75) is 51.0 Å². The highest BCUT2D eigenvalue weighted by Crippen LogP contribution is 2.39. The van der Waals surface area contributed by atoms with Crippen LogP contribution >= 0.6 is 0 Å². The highest BCUT2D eigenvalue weighted by Gasteiger charge is 2.40. The lowest BCUT2D eigenvalue weighted by atomic mass is 10.0. The number of nitrogens with zero attached hydrogens (tertiary/aromatic N) is 3. The monoisotopic (exact) mass is 440 g/mol. The maximum atomic E-state index is 12.8. The van der Waals surface area contributed by atoms with Gasteiger partial charge in [-0.15, -0.1) is 0 Å². The highest BCUT2D eigenvalue weighted by molar-refractivity contribution is 5.97. The molecular weight excluding hydrogens is 412 g/mol. The molecule has 2 aromatic carbocycles. The molecule has 0 unspecified atom stereocenters. The average molecular weight is 441 g/mol. The number of hydrogen-bond donors (Lipinski definition) is 1. The fourth-order valence-corrected chi connectivity index (χ4v) is 4.22. The third-order valence-electron chi connectivity index (χ3n) is 6.30. The van der Waals surface area contributed by atoms with Crippen molar-refractivity contribution in [3.63, 3.8) is 0 Å². The topological polar surface area (TPSA) is 89.2 Å². The summed E-state index contributed by atoms with van der Waals surface area (Å²) in [5.74, 6) is 0.600. The first kappa shape index (κ1) is 21.3. The average Bonchev–Trinajstić information content (AvgIpc) is 3.73. The molecule has 2 aliphatic carbocycles. The van der Waals surface area contributed by atoms with E-state index in [2.05, 4.69) is 23.2 Å². The van der Waals surface area contributed by atoms with Gasteiger partial charge in [0, 0.05) is 30.3 Å². The fourth-order valence-electron chi connectivity index (χ4n) is 4.22. The number of carbonyl (C=O) groups excluding carboxylic acids is 2. The van der Waals surface area contributed by atoms with Crippen molar-refractivity contribution < 1.29 is 9.59 Å². The lowest BCUT2D eigenvalue weighted by Gasteiger charge is -2.23. The molecule has 0 atom stereocenters. The van der Waals surface area contributed by atoms with Gasteiger partial charge in [-0.1, -0.05) is 42.5 Å². The van der Waals surface area contributed by atoms with Gasteiger partial charge in [0.2, 0.25) is 5.91 Å². The van der Waals surface area contributed by atoms with Crippen LogP contribution in [0.5, 0.6) is 0 Å². The first-order valence-corrected chi connectivity index (χ1v) is 11.7. The Morgan fingerprint density at radius 1 is 0.939 bits per heavy atom. The maximum absolute atomic E-state index is 12.8. The van der Waals surface area contributed by atoms with E-state index in [1.807, 2.05) is 41.3 Å². The van der Waals surface area contributed by atoms with E-state index in [4.69, 9.17) is 10.7 Å². The number of anilines is 1. The minimum absolute atomic E-state index is 0.200. The molecule has 33 heavy (non-hydrogen) atoms.